The van der Waals surface area contributed by atoms with Crippen LogP contribution < -0.4 is 10.1 Å². The number of amides is 2. The molecule has 0 radical (unpaired) electrons. The summed E-state index contributed by atoms with van der Waals surface area (Å²) >= 11 is 0. The van der Waals surface area contributed by atoms with E-state index in [0.717, 1.165) is 42.8 Å². The minimum Gasteiger partial charge on any atom is -0.497 e. The van der Waals surface area contributed by atoms with Gasteiger partial charge < -0.3 is 15.0 Å². The zero-order valence-corrected chi connectivity index (χ0v) is 16.1. The molecule has 1 heterocycles. The van der Waals surface area contributed by atoms with Crippen molar-refractivity contribution in [2.24, 2.45) is 0 Å². The van der Waals surface area contributed by atoms with Gasteiger partial charge in [0.1, 0.15) is 11.8 Å². The third kappa shape index (κ3) is 5.46. The maximum Gasteiger partial charge on any atom is 0.245 e. The minimum absolute atomic E-state index is 0.00974. The summed E-state index contributed by atoms with van der Waals surface area (Å²) in [6.45, 7) is 1.53. The van der Waals surface area contributed by atoms with Crippen molar-refractivity contribution in [1.82, 2.24) is 10.2 Å². The zero-order chi connectivity index (χ0) is 19.8. The lowest BCUT2D eigenvalue weighted by atomic mass is 10.0. The summed E-state index contributed by atoms with van der Waals surface area (Å²) < 4.78 is 5.20. The van der Waals surface area contributed by atoms with Gasteiger partial charge in [-0.05, 0) is 42.2 Å². The standard InChI is InChI=1S/C23H26N2O3/c1-28-20-11-7-10-19(16-20)12-13-22(26)24-21(17-18-8-3-2-4-9-18)23(27)25-14-5-6-15-25/h2-4,7-13,16,21H,5-6,14-15,17H2,1H3,(H,24,26)/b13-12-/t21-/m0/s1. The largest absolute Gasteiger partial charge is 0.497 e. The number of methoxy groups -OCH3 is 1. The molecule has 5 nitrogen and oxygen atoms in total. The number of nitrogens with zero attached hydrogens (tertiary/aromatic N) is 1. The van der Waals surface area contributed by atoms with Gasteiger partial charge in [0.2, 0.25) is 11.8 Å². The van der Waals surface area contributed by atoms with Gasteiger partial charge in [-0.15, -0.1) is 0 Å². The second-order valence-corrected chi connectivity index (χ2v) is 6.89. The number of carbonyl (C=O) groups excluding carboxylic acids is 2. The molecule has 0 unspecified atom stereocenters. The Balaban J connectivity index is 1.69. The number of hydrogen-bond acceptors (Lipinski definition) is 3. The van der Waals surface area contributed by atoms with Gasteiger partial charge in [0.25, 0.3) is 0 Å². The van der Waals surface area contributed by atoms with Gasteiger partial charge >= 0.3 is 0 Å². The highest BCUT2D eigenvalue weighted by molar-refractivity contribution is 5.95. The molecular weight excluding hydrogens is 352 g/mol. The van der Waals surface area contributed by atoms with Crippen LogP contribution in [-0.4, -0.2) is 43.0 Å². The van der Waals surface area contributed by atoms with E-state index in [2.05, 4.69) is 5.32 Å². The fraction of sp³-hybridized carbons (Fsp3) is 0.304. The lowest BCUT2D eigenvalue weighted by Crippen LogP contribution is -2.48. The fourth-order valence-corrected chi connectivity index (χ4v) is 3.34. The monoisotopic (exact) mass is 378 g/mol. The van der Waals surface area contributed by atoms with E-state index in [0.29, 0.717) is 6.42 Å². The summed E-state index contributed by atoms with van der Waals surface area (Å²) in [5.74, 6) is 0.439. The average molecular weight is 378 g/mol. The predicted molar refractivity (Wildman–Crippen MR) is 110 cm³/mol. The van der Waals surface area contributed by atoms with E-state index >= 15 is 0 Å². The molecule has 0 aliphatic carbocycles. The number of benzene rings is 2. The first kappa shape index (κ1) is 19.7. The van der Waals surface area contributed by atoms with Gasteiger partial charge in [0.05, 0.1) is 7.11 Å². The highest BCUT2D eigenvalue weighted by atomic mass is 16.5. The molecule has 5 heteroatoms. The van der Waals surface area contributed by atoms with Gasteiger partial charge in [-0.1, -0.05) is 42.5 Å². The van der Waals surface area contributed by atoms with Crippen molar-refractivity contribution >= 4 is 17.9 Å². The summed E-state index contributed by atoms with van der Waals surface area (Å²) in [4.78, 5) is 27.3. The number of nitrogens with one attached hydrogen (secondary N) is 1. The number of rotatable bonds is 7. The summed E-state index contributed by atoms with van der Waals surface area (Å²) in [6.07, 6.45) is 5.71. The van der Waals surface area contributed by atoms with Crippen molar-refractivity contribution in [3.8, 4) is 5.75 Å². The van der Waals surface area contributed by atoms with E-state index in [1.54, 1.807) is 13.2 Å². The molecule has 28 heavy (non-hydrogen) atoms. The third-order valence-corrected chi connectivity index (χ3v) is 4.84. The molecule has 3 rings (SSSR count). The molecule has 1 aliphatic heterocycles. The Bertz CT molecular complexity index is 827. The Labute approximate surface area is 166 Å². The molecule has 0 spiro atoms. The summed E-state index contributed by atoms with van der Waals surface area (Å²) in [7, 11) is 1.60. The Kier molecular flexibility index (Phi) is 6.84. The first-order chi connectivity index (χ1) is 13.7. The molecule has 1 fully saturated rings. The SMILES string of the molecule is COc1cccc(/C=C\C(=O)N[C@@H](Cc2ccccc2)C(=O)N2CCCC2)c1. The van der Waals surface area contributed by atoms with Gasteiger partial charge in [0, 0.05) is 25.6 Å². The topological polar surface area (TPSA) is 58.6 Å². The number of carbonyl (C=O) groups is 2. The fourth-order valence-electron chi connectivity index (χ4n) is 3.34. The van der Waals surface area contributed by atoms with Crippen LogP contribution in [0.4, 0.5) is 0 Å². The number of likely N-dealkylation sites (tertiary alicyclic amines) is 1. The maximum atomic E-state index is 12.9. The molecule has 0 aromatic heterocycles. The van der Waals surface area contributed by atoms with Crippen molar-refractivity contribution in [3.05, 3.63) is 71.8 Å². The van der Waals surface area contributed by atoms with E-state index < -0.39 is 6.04 Å². The number of hydrogen-bond donors (Lipinski definition) is 1. The highest BCUT2D eigenvalue weighted by Crippen LogP contribution is 2.14. The van der Waals surface area contributed by atoms with Crippen LogP contribution in [-0.2, 0) is 16.0 Å². The first-order valence-corrected chi connectivity index (χ1v) is 9.61. The smallest absolute Gasteiger partial charge is 0.245 e. The normalized spacial score (nSPS) is 14.8. The third-order valence-electron chi connectivity index (χ3n) is 4.84. The van der Waals surface area contributed by atoms with Crippen LogP contribution in [0.2, 0.25) is 0 Å². The Morgan fingerprint density at radius 3 is 2.57 bits per heavy atom. The minimum atomic E-state index is -0.567. The van der Waals surface area contributed by atoms with E-state index in [1.807, 2.05) is 59.5 Å². The lowest BCUT2D eigenvalue weighted by Gasteiger charge is -2.23. The van der Waals surface area contributed by atoms with Gasteiger partial charge in [0.15, 0.2) is 0 Å². The second-order valence-electron chi connectivity index (χ2n) is 6.89. The van der Waals surface area contributed by atoms with E-state index in [4.69, 9.17) is 4.74 Å². The van der Waals surface area contributed by atoms with Crippen molar-refractivity contribution in [3.63, 3.8) is 0 Å². The molecule has 0 saturated carbocycles. The zero-order valence-electron chi connectivity index (χ0n) is 16.1. The molecule has 146 valence electrons. The van der Waals surface area contributed by atoms with Crippen LogP contribution in [0.3, 0.4) is 0 Å². The van der Waals surface area contributed by atoms with Gasteiger partial charge in [-0.3, -0.25) is 9.59 Å². The quantitative estimate of drug-likeness (QED) is 0.754. The van der Waals surface area contributed by atoms with E-state index in [1.165, 1.54) is 6.08 Å². The van der Waals surface area contributed by atoms with Crippen LogP contribution in [0.5, 0.6) is 5.75 Å². The predicted octanol–water partition coefficient (Wildman–Crippen LogP) is 3.06. The van der Waals surface area contributed by atoms with Crippen molar-refractivity contribution in [2.45, 2.75) is 25.3 Å². The molecule has 1 saturated heterocycles. The van der Waals surface area contributed by atoms with Crippen LogP contribution in [0.1, 0.15) is 24.0 Å². The van der Waals surface area contributed by atoms with E-state index in [9.17, 15) is 9.59 Å². The molecule has 2 aromatic carbocycles. The van der Waals surface area contributed by atoms with Crippen LogP contribution in [0.15, 0.2) is 60.7 Å². The van der Waals surface area contributed by atoms with Crippen LogP contribution in [0, 0.1) is 0 Å². The Morgan fingerprint density at radius 1 is 1.11 bits per heavy atom. The van der Waals surface area contributed by atoms with Crippen LogP contribution >= 0.6 is 0 Å². The molecule has 0 bridgehead atoms. The maximum absolute atomic E-state index is 12.9. The van der Waals surface area contributed by atoms with Crippen molar-refractivity contribution < 1.29 is 14.3 Å². The summed E-state index contributed by atoms with van der Waals surface area (Å²) in [5.41, 5.74) is 1.89. The van der Waals surface area contributed by atoms with E-state index in [-0.39, 0.29) is 11.8 Å². The Morgan fingerprint density at radius 2 is 1.86 bits per heavy atom. The first-order valence-electron chi connectivity index (χ1n) is 9.61. The lowest BCUT2D eigenvalue weighted by molar-refractivity contribution is -0.134. The second kappa shape index (κ2) is 9.74. The molecule has 1 aliphatic rings. The average Bonchev–Trinajstić information content (AvgIpc) is 3.27. The highest BCUT2D eigenvalue weighted by Gasteiger charge is 2.27. The molecule has 2 amide bonds. The summed E-state index contributed by atoms with van der Waals surface area (Å²) in [6, 6.07) is 16.7. The van der Waals surface area contributed by atoms with Gasteiger partial charge in [-0.25, -0.2) is 0 Å². The molecular formula is C23H26N2O3. The Hall–Kier alpha value is -3.08. The number of ether oxygens (including phenoxy) is 1. The summed E-state index contributed by atoms with van der Waals surface area (Å²) in [5, 5.41) is 2.89. The molecule has 1 N–H and O–H groups in total. The van der Waals surface area contributed by atoms with Crippen LogP contribution in [0.25, 0.3) is 6.08 Å². The van der Waals surface area contributed by atoms with Gasteiger partial charge in [-0.2, -0.15) is 0 Å². The molecule has 1 atom stereocenters. The van der Waals surface area contributed by atoms with Crippen molar-refractivity contribution in [2.75, 3.05) is 20.2 Å². The molecule has 2 aromatic rings. The van der Waals surface area contributed by atoms with Crippen molar-refractivity contribution in [1.29, 1.82) is 0 Å².